The number of nitrogens with zero attached hydrogens (tertiary/aromatic N) is 4. The van der Waals surface area contributed by atoms with E-state index in [1.165, 1.54) is 11.3 Å². The quantitative estimate of drug-likeness (QED) is 0.214. The van der Waals surface area contributed by atoms with Crippen LogP contribution in [0.2, 0.25) is 0 Å². The molecule has 0 aliphatic rings. The van der Waals surface area contributed by atoms with Crippen LogP contribution >= 0.6 is 11.3 Å². The molecule has 188 valence electrons. The van der Waals surface area contributed by atoms with Crippen LogP contribution in [0.4, 0.5) is 5.69 Å². The third kappa shape index (κ3) is 4.35. The normalized spacial score (nSPS) is 11.3. The summed E-state index contributed by atoms with van der Waals surface area (Å²) in [5.74, 6) is 0.00842. The lowest BCUT2D eigenvalue weighted by Crippen LogP contribution is -2.10. The van der Waals surface area contributed by atoms with Crippen LogP contribution in [0.15, 0.2) is 61.1 Å². The highest BCUT2D eigenvalue weighted by Crippen LogP contribution is 2.36. The lowest BCUT2D eigenvalue weighted by Gasteiger charge is -2.06. The molecule has 6 aromatic rings. The maximum atomic E-state index is 12.0. The molecule has 0 radical (unpaired) electrons. The van der Waals surface area contributed by atoms with Crippen LogP contribution in [0.5, 0.6) is 0 Å². The van der Waals surface area contributed by atoms with Gasteiger partial charge in [-0.2, -0.15) is 5.10 Å². The van der Waals surface area contributed by atoms with Crippen molar-refractivity contribution in [3.05, 3.63) is 65.9 Å². The van der Waals surface area contributed by atoms with Gasteiger partial charge in [-0.05, 0) is 55.8 Å². The van der Waals surface area contributed by atoms with Gasteiger partial charge in [-0.3, -0.25) is 19.7 Å². The minimum Gasteiger partial charge on any atom is -0.338 e. The molecular formula is C28H23N7O2S. The molecule has 9 nitrogen and oxygen atoms in total. The number of anilines is 1. The summed E-state index contributed by atoms with van der Waals surface area (Å²) < 4.78 is 0. The number of aromatic amines is 2. The largest absolute Gasteiger partial charge is 0.338 e. The van der Waals surface area contributed by atoms with Crippen molar-refractivity contribution in [1.29, 1.82) is 0 Å². The minimum absolute atomic E-state index is 0.0427. The number of thiophene rings is 1. The number of hydrogen-bond donors (Lipinski definition) is 3. The van der Waals surface area contributed by atoms with Gasteiger partial charge in [0.1, 0.15) is 16.9 Å². The molecule has 0 spiro atoms. The van der Waals surface area contributed by atoms with E-state index >= 15 is 0 Å². The smallest absolute Gasteiger partial charge is 0.224 e. The van der Waals surface area contributed by atoms with Gasteiger partial charge in [-0.1, -0.05) is 6.92 Å². The highest BCUT2D eigenvalue weighted by Gasteiger charge is 2.17. The number of ketones is 1. The van der Waals surface area contributed by atoms with E-state index in [-0.39, 0.29) is 11.7 Å². The second-order valence-corrected chi connectivity index (χ2v) is 10.0. The molecule has 0 saturated carbocycles. The number of carbonyl (C=O) groups excluding carboxylic acids is 2. The molecule has 0 saturated heterocycles. The van der Waals surface area contributed by atoms with Crippen molar-refractivity contribution in [2.75, 3.05) is 5.32 Å². The zero-order valence-electron chi connectivity index (χ0n) is 20.7. The van der Waals surface area contributed by atoms with E-state index in [0.717, 1.165) is 49.5 Å². The van der Waals surface area contributed by atoms with E-state index in [9.17, 15) is 9.59 Å². The zero-order valence-corrected chi connectivity index (χ0v) is 21.5. The van der Waals surface area contributed by atoms with E-state index in [2.05, 4.69) is 30.5 Å². The number of amides is 1. The Morgan fingerprint density at radius 3 is 2.79 bits per heavy atom. The second-order valence-electron chi connectivity index (χ2n) is 8.95. The maximum absolute atomic E-state index is 12.0. The van der Waals surface area contributed by atoms with Crippen LogP contribution in [0, 0.1) is 0 Å². The molecule has 0 atom stereocenters. The van der Waals surface area contributed by atoms with Gasteiger partial charge in [0.15, 0.2) is 5.78 Å². The highest BCUT2D eigenvalue weighted by atomic mass is 32.1. The minimum atomic E-state index is -0.0427. The van der Waals surface area contributed by atoms with Crippen molar-refractivity contribution < 1.29 is 9.59 Å². The van der Waals surface area contributed by atoms with Crippen LogP contribution in [-0.4, -0.2) is 41.8 Å². The monoisotopic (exact) mass is 521 g/mol. The van der Waals surface area contributed by atoms with Gasteiger partial charge in [0, 0.05) is 40.2 Å². The van der Waals surface area contributed by atoms with Gasteiger partial charge in [0.05, 0.1) is 33.7 Å². The van der Waals surface area contributed by atoms with Gasteiger partial charge >= 0.3 is 0 Å². The molecule has 6 rings (SSSR count). The Balaban J connectivity index is 1.39. The average molecular weight is 522 g/mol. The predicted octanol–water partition coefficient (Wildman–Crippen LogP) is 6.23. The van der Waals surface area contributed by atoms with Gasteiger partial charge in [0.25, 0.3) is 0 Å². The van der Waals surface area contributed by atoms with Gasteiger partial charge < -0.3 is 10.3 Å². The Morgan fingerprint density at radius 2 is 1.97 bits per heavy atom. The number of aromatic nitrogens is 6. The number of Topliss-reactive ketones (excluding diaryl/α,β-unsaturated/α-hetero) is 1. The Kier molecular flexibility index (Phi) is 6.01. The third-order valence-electron chi connectivity index (χ3n) is 6.21. The Morgan fingerprint density at radius 1 is 1.08 bits per heavy atom. The van der Waals surface area contributed by atoms with Gasteiger partial charge in [-0.25, -0.2) is 9.97 Å². The first-order valence-corrected chi connectivity index (χ1v) is 13.0. The van der Waals surface area contributed by atoms with Crippen LogP contribution < -0.4 is 5.32 Å². The summed E-state index contributed by atoms with van der Waals surface area (Å²) in [6.45, 7) is 3.54. The molecule has 6 heterocycles. The number of carbonyl (C=O) groups is 2. The van der Waals surface area contributed by atoms with Gasteiger partial charge in [0.2, 0.25) is 5.91 Å². The molecule has 3 N–H and O–H groups in total. The van der Waals surface area contributed by atoms with E-state index in [4.69, 9.17) is 4.98 Å². The average Bonchev–Trinajstić information content (AvgIpc) is 3.66. The number of fused-ring (bicyclic) bond motifs is 2. The standard InChI is InChI=1S/C28H23N7O2S/c1-3-4-25(37)31-17-11-16(13-29-14-17)20-5-6-21-26(32-20)27(35-34-21)22-12-19-18(9-10-30-28(19)33-22)24-8-7-23(38-24)15(2)36/h5-14H,3-4H2,1-2H3,(H,30,33)(H,31,37)(H,34,35). The fourth-order valence-electron chi connectivity index (χ4n) is 4.39. The van der Waals surface area contributed by atoms with E-state index in [0.29, 0.717) is 29.0 Å². The molecule has 0 aromatic carbocycles. The summed E-state index contributed by atoms with van der Waals surface area (Å²) in [7, 11) is 0. The van der Waals surface area contributed by atoms with Crippen molar-refractivity contribution >= 4 is 50.8 Å². The van der Waals surface area contributed by atoms with Crippen LogP contribution in [0.25, 0.3) is 55.2 Å². The zero-order chi connectivity index (χ0) is 26.2. The molecular weight excluding hydrogens is 498 g/mol. The second kappa shape index (κ2) is 9.64. The molecule has 1 amide bonds. The summed E-state index contributed by atoms with van der Waals surface area (Å²) in [6.07, 6.45) is 6.33. The lowest BCUT2D eigenvalue weighted by molar-refractivity contribution is -0.116. The molecule has 0 fully saturated rings. The first-order valence-electron chi connectivity index (χ1n) is 12.2. The first kappa shape index (κ1) is 23.7. The predicted molar refractivity (Wildman–Crippen MR) is 149 cm³/mol. The van der Waals surface area contributed by atoms with E-state index < -0.39 is 0 Å². The Bertz CT molecular complexity index is 1830. The number of H-pyrrole nitrogens is 2. The lowest BCUT2D eigenvalue weighted by atomic mass is 10.1. The number of hydrogen-bond acceptors (Lipinski definition) is 7. The molecule has 10 heteroatoms. The number of pyridine rings is 3. The topological polar surface area (TPSA) is 129 Å². The molecule has 6 aromatic heterocycles. The van der Waals surface area contributed by atoms with Crippen molar-refractivity contribution in [2.45, 2.75) is 26.7 Å². The number of rotatable bonds is 7. The van der Waals surface area contributed by atoms with E-state index in [1.54, 1.807) is 25.5 Å². The summed E-state index contributed by atoms with van der Waals surface area (Å²) in [4.78, 5) is 42.6. The van der Waals surface area contributed by atoms with Gasteiger partial charge in [-0.15, -0.1) is 11.3 Å². The Labute approximate surface area is 221 Å². The third-order valence-corrected chi connectivity index (χ3v) is 7.43. The van der Waals surface area contributed by atoms with E-state index in [1.807, 2.05) is 49.4 Å². The van der Waals surface area contributed by atoms with Crippen molar-refractivity contribution in [2.24, 2.45) is 0 Å². The SMILES string of the molecule is CCCC(=O)Nc1cncc(-c2ccc3[nH]nc(-c4cc5c(-c6ccc(C(C)=O)s6)ccnc5[nH]4)c3n2)c1. The summed E-state index contributed by atoms with van der Waals surface area (Å²) in [6, 6.07) is 13.5. The highest BCUT2D eigenvalue weighted by molar-refractivity contribution is 7.17. The van der Waals surface area contributed by atoms with Crippen LogP contribution in [0.1, 0.15) is 36.4 Å². The number of nitrogens with one attached hydrogen (secondary N) is 3. The summed E-state index contributed by atoms with van der Waals surface area (Å²) in [5.41, 5.74) is 6.79. The van der Waals surface area contributed by atoms with Crippen molar-refractivity contribution in [3.8, 4) is 33.1 Å². The summed E-state index contributed by atoms with van der Waals surface area (Å²) >= 11 is 1.47. The fourth-order valence-corrected chi connectivity index (χ4v) is 5.33. The summed E-state index contributed by atoms with van der Waals surface area (Å²) in [5, 5.41) is 11.4. The maximum Gasteiger partial charge on any atom is 0.224 e. The van der Waals surface area contributed by atoms with Crippen molar-refractivity contribution in [3.63, 3.8) is 0 Å². The molecule has 0 bridgehead atoms. The molecule has 38 heavy (non-hydrogen) atoms. The van der Waals surface area contributed by atoms with Crippen LogP contribution in [0.3, 0.4) is 0 Å². The molecule has 0 unspecified atom stereocenters. The Hall–Kier alpha value is -4.70. The van der Waals surface area contributed by atoms with Crippen LogP contribution in [-0.2, 0) is 4.79 Å². The fraction of sp³-hybridized carbons (Fsp3) is 0.143. The molecule has 0 aliphatic heterocycles. The molecule has 0 aliphatic carbocycles. The first-order chi connectivity index (χ1) is 18.5. The van der Waals surface area contributed by atoms with Crippen molar-refractivity contribution in [1.82, 2.24) is 30.1 Å².